The van der Waals surface area contributed by atoms with E-state index in [0.29, 0.717) is 13.0 Å². The number of amides is 1. The first-order chi connectivity index (χ1) is 11.2. The van der Waals surface area contributed by atoms with Gasteiger partial charge in [0.05, 0.1) is 5.69 Å². The van der Waals surface area contributed by atoms with Crippen LogP contribution in [0.15, 0.2) is 15.6 Å². The summed E-state index contributed by atoms with van der Waals surface area (Å²) in [5.74, 6) is 1.80. The molecule has 1 aliphatic rings. The van der Waals surface area contributed by atoms with Gasteiger partial charge >= 0.3 is 0 Å². The Bertz CT molecular complexity index is 526. The Hall–Kier alpha value is -2.05. The van der Waals surface area contributed by atoms with Crippen LogP contribution < -0.4 is 10.6 Å². The zero-order valence-electron chi connectivity index (χ0n) is 14.1. The van der Waals surface area contributed by atoms with Crippen molar-refractivity contribution in [2.45, 2.75) is 46.1 Å². The Labute approximate surface area is 137 Å². The van der Waals surface area contributed by atoms with Gasteiger partial charge in [0.15, 0.2) is 11.7 Å². The molecule has 0 bridgehead atoms. The second-order valence-electron chi connectivity index (χ2n) is 5.60. The molecule has 1 saturated heterocycles. The Morgan fingerprint density at radius 3 is 2.96 bits per heavy atom. The van der Waals surface area contributed by atoms with Crippen molar-refractivity contribution in [2.75, 3.05) is 26.2 Å². The van der Waals surface area contributed by atoms with Crippen LogP contribution in [-0.2, 0) is 17.8 Å². The first-order valence-electron chi connectivity index (χ1n) is 8.47. The maximum absolute atomic E-state index is 11.5. The summed E-state index contributed by atoms with van der Waals surface area (Å²) in [5, 5.41) is 10.5. The highest BCUT2D eigenvalue weighted by Crippen LogP contribution is 2.09. The van der Waals surface area contributed by atoms with Gasteiger partial charge in [0.25, 0.3) is 0 Å². The number of likely N-dealkylation sites (tertiary alicyclic amines) is 1. The van der Waals surface area contributed by atoms with Gasteiger partial charge in [-0.2, -0.15) is 0 Å². The van der Waals surface area contributed by atoms with Crippen molar-refractivity contribution >= 4 is 11.9 Å². The van der Waals surface area contributed by atoms with Crippen molar-refractivity contribution in [2.24, 2.45) is 4.99 Å². The molecule has 2 N–H and O–H groups in total. The number of nitrogens with one attached hydrogen (secondary N) is 2. The molecule has 1 amide bonds. The van der Waals surface area contributed by atoms with E-state index in [0.717, 1.165) is 62.9 Å². The van der Waals surface area contributed by atoms with Crippen molar-refractivity contribution < 1.29 is 9.32 Å². The Morgan fingerprint density at radius 1 is 1.43 bits per heavy atom. The summed E-state index contributed by atoms with van der Waals surface area (Å²) >= 11 is 0. The first-order valence-corrected chi connectivity index (χ1v) is 8.47. The molecule has 7 heteroatoms. The third kappa shape index (κ3) is 5.58. The quantitative estimate of drug-likeness (QED) is 0.428. The minimum atomic E-state index is 0.280. The lowest BCUT2D eigenvalue weighted by Crippen LogP contribution is -2.39. The number of guanidine groups is 1. The Kier molecular flexibility index (Phi) is 6.90. The number of aliphatic imine (C=N–C) groups is 1. The van der Waals surface area contributed by atoms with Gasteiger partial charge in [-0.3, -0.25) is 4.79 Å². The van der Waals surface area contributed by atoms with E-state index < -0.39 is 0 Å². The lowest BCUT2D eigenvalue weighted by molar-refractivity contribution is -0.127. The van der Waals surface area contributed by atoms with E-state index in [1.165, 1.54) is 0 Å². The monoisotopic (exact) mass is 321 g/mol. The van der Waals surface area contributed by atoms with Crippen molar-refractivity contribution in [1.29, 1.82) is 0 Å². The summed E-state index contributed by atoms with van der Waals surface area (Å²) in [4.78, 5) is 18.0. The number of carbonyl (C=O) groups is 1. The maximum atomic E-state index is 11.5. The molecule has 0 saturated carbocycles. The van der Waals surface area contributed by atoms with Crippen molar-refractivity contribution in [1.82, 2.24) is 20.7 Å². The molecule has 0 aromatic carbocycles. The highest BCUT2D eigenvalue weighted by Gasteiger charge is 2.18. The predicted molar refractivity (Wildman–Crippen MR) is 89.1 cm³/mol. The lowest BCUT2D eigenvalue weighted by Gasteiger charge is -2.16. The number of carbonyl (C=O) groups excluding carboxylic acids is 1. The van der Waals surface area contributed by atoms with Crippen LogP contribution in [0, 0.1) is 0 Å². The van der Waals surface area contributed by atoms with E-state index >= 15 is 0 Å². The van der Waals surface area contributed by atoms with E-state index in [-0.39, 0.29) is 5.91 Å². The normalized spacial score (nSPS) is 15.3. The van der Waals surface area contributed by atoms with Gasteiger partial charge in [0, 0.05) is 38.7 Å². The second kappa shape index (κ2) is 9.17. The minimum absolute atomic E-state index is 0.280. The van der Waals surface area contributed by atoms with Crippen LogP contribution in [0.1, 0.15) is 44.6 Å². The topological polar surface area (TPSA) is 82.8 Å². The molecule has 128 valence electrons. The third-order valence-electron chi connectivity index (χ3n) is 3.78. The Balaban J connectivity index is 1.73. The summed E-state index contributed by atoms with van der Waals surface area (Å²) in [6.45, 7) is 7.84. The minimum Gasteiger partial charge on any atom is -0.359 e. The van der Waals surface area contributed by atoms with Crippen LogP contribution in [0.3, 0.4) is 0 Å². The van der Waals surface area contributed by atoms with Crippen LogP contribution in [-0.4, -0.2) is 48.1 Å². The lowest BCUT2D eigenvalue weighted by atomic mass is 10.3. The SMILES string of the molecule is CCNC(=NCc1cc(CC)no1)NCCCN1CCCC1=O. The Morgan fingerprint density at radius 2 is 2.30 bits per heavy atom. The number of rotatable bonds is 8. The highest BCUT2D eigenvalue weighted by molar-refractivity contribution is 5.79. The molecule has 2 rings (SSSR count). The van der Waals surface area contributed by atoms with E-state index in [9.17, 15) is 4.79 Å². The molecule has 2 heterocycles. The molecule has 1 aliphatic heterocycles. The summed E-state index contributed by atoms with van der Waals surface area (Å²) in [7, 11) is 0. The van der Waals surface area contributed by atoms with E-state index in [4.69, 9.17) is 4.52 Å². The molecule has 0 spiro atoms. The van der Waals surface area contributed by atoms with E-state index in [1.807, 2.05) is 24.8 Å². The van der Waals surface area contributed by atoms with Gasteiger partial charge in [0.1, 0.15) is 6.54 Å². The van der Waals surface area contributed by atoms with E-state index in [1.54, 1.807) is 0 Å². The van der Waals surface area contributed by atoms with E-state index in [2.05, 4.69) is 20.8 Å². The second-order valence-corrected chi connectivity index (χ2v) is 5.60. The fourth-order valence-corrected chi connectivity index (χ4v) is 2.51. The summed E-state index contributed by atoms with van der Waals surface area (Å²) in [5.41, 5.74) is 0.948. The van der Waals surface area contributed by atoms with Crippen LogP contribution in [0.25, 0.3) is 0 Å². The molecule has 1 aromatic heterocycles. The van der Waals surface area contributed by atoms with Crippen molar-refractivity contribution in [3.05, 3.63) is 17.5 Å². The van der Waals surface area contributed by atoms with Crippen LogP contribution >= 0.6 is 0 Å². The number of aryl methyl sites for hydroxylation is 1. The molecule has 1 aromatic rings. The smallest absolute Gasteiger partial charge is 0.222 e. The standard InChI is InChI=1S/C16H27N5O2/c1-3-13-11-14(23-20-13)12-19-16(17-4-2)18-8-6-10-21-9-5-7-15(21)22/h11H,3-10,12H2,1-2H3,(H2,17,18,19). The van der Waals surface area contributed by atoms with Gasteiger partial charge in [-0.25, -0.2) is 4.99 Å². The number of hydrogen-bond acceptors (Lipinski definition) is 4. The summed E-state index contributed by atoms with van der Waals surface area (Å²) in [6, 6.07) is 1.94. The van der Waals surface area contributed by atoms with Crippen LogP contribution in [0.5, 0.6) is 0 Å². The maximum Gasteiger partial charge on any atom is 0.222 e. The number of aromatic nitrogens is 1. The average molecular weight is 321 g/mol. The molecule has 0 atom stereocenters. The van der Waals surface area contributed by atoms with Crippen molar-refractivity contribution in [3.63, 3.8) is 0 Å². The molecule has 7 nitrogen and oxygen atoms in total. The first kappa shape index (κ1) is 17.3. The zero-order chi connectivity index (χ0) is 16.5. The fourth-order valence-electron chi connectivity index (χ4n) is 2.51. The zero-order valence-corrected chi connectivity index (χ0v) is 14.1. The van der Waals surface area contributed by atoms with Gasteiger partial charge in [-0.05, 0) is 26.2 Å². The highest BCUT2D eigenvalue weighted by atomic mass is 16.5. The van der Waals surface area contributed by atoms with Gasteiger partial charge in [-0.15, -0.1) is 0 Å². The van der Waals surface area contributed by atoms with Gasteiger partial charge in [0.2, 0.25) is 5.91 Å². The van der Waals surface area contributed by atoms with Crippen LogP contribution in [0.4, 0.5) is 0 Å². The number of nitrogens with zero attached hydrogens (tertiary/aromatic N) is 3. The molecule has 0 unspecified atom stereocenters. The van der Waals surface area contributed by atoms with Crippen LogP contribution in [0.2, 0.25) is 0 Å². The molecular formula is C16H27N5O2. The number of hydrogen-bond donors (Lipinski definition) is 2. The van der Waals surface area contributed by atoms with Gasteiger partial charge in [-0.1, -0.05) is 12.1 Å². The van der Waals surface area contributed by atoms with Gasteiger partial charge < -0.3 is 20.1 Å². The summed E-state index contributed by atoms with van der Waals surface area (Å²) in [6.07, 6.45) is 3.47. The third-order valence-corrected chi connectivity index (χ3v) is 3.78. The molecule has 23 heavy (non-hydrogen) atoms. The average Bonchev–Trinajstić information content (AvgIpc) is 3.18. The molecular weight excluding hydrogens is 294 g/mol. The summed E-state index contributed by atoms with van der Waals surface area (Å²) < 4.78 is 5.23. The predicted octanol–water partition coefficient (Wildman–Crippen LogP) is 1.30. The fraction of sp³-hybridized carbons (Fsp3) is 0.688. The largest absolute Gasteiger partial charge is 0.359 e. The molecule has 0 radical (unpaired) electrons. The van der Waals surface area contributed by atoms with Crippen molar-refractivity contribution in [3.8, 4) is 0 Å². The molecule has 0 aliphatic carbocycles. The molecule has 1 fully saturated rings.